The summed E-state index contributed by atoms with van der Waals surface area (Å²) in [5.41, 5.74) is -0.334. The van der Waals surface area contributed by atoms with Gasteiger partial charge in [0.1, 0.15) is 0 Å². The Kier molecular flexibility index (Phi) is 5.88. The van der Waals surface area contributed by atoms with Gasteiger partial charge in [-0.2, -0.15) is 0 Å². The molecule has 3 N–H and O–H groups in total. The molecule has 1 aliphatic heterocycles. The van der Waals surface area contributed by atoms with Crippen LogP contribution in [0.5, 0.6) is 0 Å². The van der Waals surface area contributed by atoms with Crippen LogP contribution < -0.4 is 10.6 Å². The molecule has 0 radical (unpaired) electrons. The molecule has 1 heterocycles. The molecule has 17 heavy (non-hydrogen) atoms. The summed E-state index contributed by atoms with van der Waals surface area (Å²) in [6.07, 6.45) is 2.46. The van der Waals surface area contributed by atoms with Crippen molar-refractivity contribution in [3.05, 3.63) is 0 Å². The molecule has 0 aromatic carbocycles. The number of methoxy groups -OCH3 is 1. The monoisotopic (exact) mass is 244 g/mol. The lowest BCUT2D eigenvalue weighted by Crippen LogP contribution is -2.52. The topological polar surface area (TPSA) is 70.6 Å². The summed E-state index contributed by atoms with van der Waals surface area (Å²) in [6.45, 7) is 4.19. The number of carbonyl (C=O) groups is 1. The highest BCUT2D eigenvalue weighted by molar-refractivity contribution is 5.82. The molecular weight excluding hydrogens is 220 g/mol. The molecule has 2 atom stereocenters. The normalized spacial score (nSPS) is 26.5. The van der Waals surface area contributed by atoms with Gasteiger partial charge >= 0.3 is 0 Å². The number of ether oxygens (including phenoxy) is 1. The van der Waals surface area contributed by atoms with Crippen LogP contribution >= 0.6 is 0 Å². The quantitative estimate of drug-likeness (QED) is 0.610. The first-order valence-electron chi connectivity index (χ1n) is 6.24. The largest absolute Gasteiger partial charge is 0.396 e. The minimum Gasteiger partial charge on any atom is -0.396 e. The molecule has 0 spiro atoms. The average molecular weight is 244 g/mol. The van der Waals surface area contributed by atoms with E-state index in [-0.39, 0.29) is 24.0 Å². The lowest BCUT2D eigenvalue weighted by atomic mass is 9.81. The van der Waals surface area contributed by atoms with Crippen molar-refractivity contribution in [1.82, 2.24) is 10.6 Å². The maximum atomic E-state index is 12.2. The van der Waals surface area contributed by atoms with E-state index in [1.54, 1.807) is 7.11 Å². The van der Waals surface area contributed by atoms with Crippen molar-refractivity contribution in [2.45, 2.75) is 32.2 Å². The van der Waals surface area contributed by atoms with E-state index in [9.17, 15) is 4.79 Å². The van der Waals surface area contributed by atoms with Crippen LogP contribution in [0.1, 0.15) is 26.2 Å². The van der Waals surface area contributed by atoms with E-state index in [0.717, 1.165) is 25.9 Å². The number of amides is 1. The number of hydrogen-bond acceptors (Lipinski definition) is 4. The molecule has 0 saturated carbocycles. The Labute approximate surface area is 103 Å². The Morgan fingerprint density at radius 2 is 2.41 bits per heavy atom. The predicted molar refractivity (Wildman–Crippen MR) is 65.7 cm³/mol. The Balaban J connectivity index is 2.49. The third-order valence-corrected chi connectivity index (χ3v) is 3.33. The molecule has 1 rings (SSSR count). The number of aliphatic hydroxyl groups excluding tert-OH is 1. The lowest BCUT2D eigenvalue weighted by Gasteiger charge is -2.34. The minimum atomic E-state index is -0.334. The van der Waals surface area contributed by atoms with Crippen molar-refractivity contribution >= 4 is 5.91 Å². The minimum absolute atomic E-state index is 0.0557. The first-order chi connectivity index (χ1) is 8.12. The second-order valence-electron chi connectivity index (χ2n) is 4.98. The molecule has 1 saturated heterocycles. The third-order valence-electron chi connectivity index (χ3n) is 3.33. The molecule has 5 nitrogen and oxygen atoms in total. The van der Waals surface area contributed by atoms with Crippen LogP contribution in [0.2, 0.25) is 0 Å². The van der Waals surface area contributed by atoms with Gasteiger partial charge in [0, 0.05) is 20.3 Å². The van der Waals surface area contributed by atoms with Gasteiger partial charge in [-0.05, 0) is 32.7 Å². The highest BCUT2D eigenvalue weighted by Gasteiger charge is 2.35. The Bertz CT molecular complexity index is 234. The number of piperidine rings is 1. The standard InChI is InChI=1S/C12H24N2O3/c1-12(5-3-6-13-9-12)11(16)14-10(4-7-15)8-17-2/h10,13,15H,3-9H2,1-2H3,(H,14,16). The van der Waals surface area contributed by atoms with Crippen molar-refractivity contribution in [1.29, 1.82) is 0 Å². The molecule has 0 aromatic heterocycles. The second-order valence-corrected chi connectivity index (χ2v) is 4.98. The molecular formula is C12H24N2O3. The fraction of sp³-hybridized carbons (Fsp3) is 0.917. The highest BCUT2D eigenvalue weighted by atomic mass is 16.5. The fourth-order valence-corrected chi connectivity index (χ4v) is 2.16. The van der Waals surface area contributed by atoms with Crippen LogP contribution in [0.3, 0.4) is 0 Å². The SMILES string of the molecule is COCC(CCO)NC(=O)C1(C)CCCNC1. The molecule has 0 aromatic rings. The number of rotatable bonds is 6. The van der Waals surface area contributed by atoms with Gasteiger partial charge in [0.05, 0.1) is 18.1 Å². The molecule has 1 aliphatic rings. The van der Waals surface area contributed by atoms with Crippen LogP contribution in [0.4, 0.5) is 0 Å². The van der Waals surface area contributed by atoms with Crippen LogP contribution in [0, 0.1) is 5.41 Å². The van der Waals surface area contributed by atoms with E-state index in [1.165, 1.54) is 0 Å². The molecule has 0 aliphatic carbocycles. The zero-order chi connectivity index (χ0) is 12.7. The van der Waals surface area contributed by atoms with Gasteiger partial charge in [-0.15, -0.1) is 0 Å². The number of carbonyl (C=O) groups excluding carboxylic acids is 1. The Hall–Kier alpha value is -0.650. The molecule has 100 valence electrons. The Morgan fingerprint density at radius 3 is 2.94 bits per heavy atom. The fourth-order valence-electron chi connectivity index (χ4n) is 2.16. The van der Waals surface area contributed by atoms with Crippen LogP contribution in [0.25, 0.3) is 0 Å². The Morgan fingerprint density at radius 1 is 1.65 bits per heavy atom. The maximum absolute atomic E-state index is 12.2. The van der Waals surface area contributed by atoms with Crippen molar-refractivity contribution in [3.63, 3.8) is 0 Å². The molecule has 0 bridgehead atoms. The van der Waals surface area contributed by atoms with E-state index >= 15 is 0 Å². The summed E-state index contributed by atoms with van der Waals surface area (Å²) < 4.78 is 5.04. The summed E-state index contributed by atoms with van der Waals surface area (Å²) in [5.74, 6) is 0.0557. The van der Waals surface area contributed by atoms with Crippen molar-refractivity contribution in [3.8, 4) is 0 Å². The number of nitrogens with one attached hydrogen (secondary N) is 2. The van der Waals surface area contributed by atoms with E-state index in [1.807, 2.05) is 6.92 Å². The maximum Gasteiger partial charge on any atom is 0.227 e. The van der Waals surface area contributed by atoms with Gasteiger partial charge in [0.2, 0.25) is 5.91 Å². The van der Waals surface area contributed by atoms with Crippen LogP contribution in [-0.4, -0.2) is 50.5 Å². The first-order valence-corrected chi connectivity index (χ1v) is 6.24. The summed E-state index contributed by atoms with van der Waals surface area (Å²) in [5, 5.41) is 15.1. The predicted octanol–water partition coefficient (Wildman–Crippen LogP) is -0.110. The van der Waals surface area contributed by atoms with Gasteiger partial charge in [-0.1, -0.05) is 0 Å². The van der Waals surface area contributed by atoms with Crippen molar-refractivity contribution < 1.29 is 14.6 Å². The highest BCUT2D eigenvalue weighted by Crippen LogP contribution is 2.25. The summed E-state index contributed by atoms with van der Waals surface area (Å²) in [4.78, 5) is 12.2. The van der Waals surface area contributed by atoms with Gasteiger partial charge < -0.3 is 20.5 Å². The van der Waals surface area contributed by atoms with E-state index in [0.29, 0.717) is 13.0 Å². The van der Waals surface area contributed by atoms with Crippen LogP contribution in [0.15, 0.2) is 0 Å². The van der Waals surface area contributed by atoms with E-state index in [4.69, 9.17) is 9.84 Å². The number of aliphatic hydroxyl groups is 1. The van der Waals surface area contributed by atoms with Gasteiger partial charge in [-0.25, -0.2) is 0 Å². The first kappa shape index (κ1) is 14.4. The number of hydrogen-bond donors (Lipinski definition) is 3. The molecule has 1 amide bonds. The van der Waals surface area contributed by atoms with Gasteiger partial charge in [0.25, 0.3) is 0 Å². The summed E-state index contributed by atoms with van der Waals surface area (Å²) >= 11 is 0. The average Bonchev–Trinajstić information content (AvgIpc) is 2.30. The van der Waals surface area contributed by atoms with E-state index < -0.39 is 0 Å². The van der Waals surface area contributed by atoms with Gasteiger partial charge in [-0.3, -0.25) is 4.79 Å². The third kappa shape index (κ3) is 4.26. The zero-order valence-corrected chi connectivity index (χ0v) is 10.8. The zero-order valence-electron chi connectivity index (χ0n) is 10.8. The molecule has 5 heteroatoms. The lowest BCUT2D eigenvalue weighted by molar-refractivity contribution is -0.132. The second kappa shape index (κ2) is 6.93. The summed E-state index contributed by atoms with van der Waals surface area (Å²) in [6, 6.07) is -0.101. The van der Waals surface area contributed by atoms with Crippen molar-refractivity contribution in [2.75, 3.05) is 33.4 Å². The molecule has 1 fully saturated rings. The molecule has 2 unspecified atom stereocenters. The van der Waals surface area contributed by atoms with Crippen LogP contribution in [-0.2, 0) is 9.53 Å². The smallest absolute Gasteiger partial charge is 0.227 e. The van der Waals surface area contributed by atoms with Gasteiger partial charge in [0.15, 0.2) is 0 Å². The van der Waals surface area contributed by atoms with Crippen molar-refractivity contribution in [2.24, 2.45) is 5.41 Å². The van der Waals surface area contributed by atoms with E-state index in [2.05, 4.69) is 10.6 Å². The summed E-state index contributed by atoms with van der Waals surface area (Å²) in [7, 11) is 1.60.